The Kier molecular flexibility index (Phi) is 2.00. The number of primary amides is 1. The molecule has 7 nitrogen and oxygen atoms in total. The van der Waals surface area contributed by atoms with Gasteiger partial charge in [-0.15, -0.1) is 0 Å². The van der Waals surface area contributed by atoms with E-state index >= 15 is 0 Å². The maximum atomic E-state index is 10.3. The van der Waals surface area contributed by atoms with Crippen LogP contribution in [0.15, 0.2) is 0 Å². The first kappa shape index (κ1) is 7.45. The summed E-state index contributed by atoms with van der Waals surface area (Å²) in [5.41, 5.74) is 4.85. The number of nitrogens with zero attached hydrogens (tertiary/aromatic N) is 4. The van der Waals surface area contributed by atoms with Crippen molar-refractivity contribution in [3.8, 4) is 0 Å². The third kappa shape index (κ3) is 1.63. The number of nitrogens with one attached hydrogen (secondary N) is 1. The summed E-state index contributed by atoms with van der Waals surface area (Å²) in [6.45, 7) is 2.44. The lowest BCUT2D eigenvalue weighted by Crippen LogP contribution is -2.22. The number of aryl methyl sites for hydroxylation is 1. The third-order valence-electron chi connectivity index (χ3n) is 1.07. The number of hydrogen-bond donors (Lipinski definition) is 2. The molecule has 0 spiro atoms. The highest BCUT2D eigenvalue weighted by Crippen LogP contribution is 1.96. The van der Waals surface area contributed by atoms with Crippen molar-refractivity contribution in [3.63, 3.8) is 0 Å². The molecule has 1 heterocycles. The molecule has 0 bridgehead atoms. The van der Waals surface area contributed by atoms with Crippen LogP contribution in [0.4, 0.5) is 10.7 Å². The fraction of sp³-hybridized carbons (Fsp3) is 0.500. The van der Waals surface area contributed by atoms with Crippen molar-refractivity contribution < 1.29 is 4.79 Å². The molecule has 0 radical (unpaired) electrons. The van der Waals surface area contributed by atoms with Crippen molar-refractivity contribution in [3.05, 3.63) is 0 Å². The Morgan fingerprint density at radius 1 is 1.82 bits per heavy atom. The lowest BCUT2D eigenvalue weighted by atomic mass is 10.7. The second-order valence-corrected chi connectivity index (χ2v) is 1.81. The van der Waals surface area contributed by atoms with Gasteiger partial charge in [0, 0.05) is 6.54 Å². The molecule has 0 fully saturated rings. The molecule has 0 aliphatic rings. The normalized spacial score (nSPS) is 9.55. The molecule has 0 aromatic carbocycles. The van der Waals surface area contributed by atoms with Gasteiger partial charge in [-0.2, -0.15) is 0 Å². The number of carbonyl (C=O) groups excluding carboxylic acids is 1. The summed E-state index contributed by atoms with van der Waals surface area (Å²) < 4.78 is 1.42. The first-order chi connectivity index (χ1) is 5.24. The largest absolute Gasteiger partial charge is 0.351 e. The van der Waals surface area contributed by atoms with E-state index < -0.39 is 6.03 Å². The summed E-state index contributed by atoms with van der Waals surface area (Å²) in [5.74, 6) is 0.264. The van der Waals surface area contributed by atoms with Crippen LogP contribution in [0.5, 0.6) is 0 Å². The second-order valence-electron chi connectivity index (χ2n) is 1.81. The van der Waals surface area contributed by atoms with Crippen LogP contribution in [-0.4, -0.2) is 26.2 Å². The molecule has 0 atom stereocenters. The molecule has 1 rings (SSSR count). The van der Waals surface area contributed by atoms with Crippen LogP contribution in [0.1, 0.15) is 6.92 Å². The maximum absolute atomic E-state index is 10.3. The average Bonchev–Trinajstić information content (AvgIpc) is 2.34. The number of amides is 2. The first-order valence-electron chi connectivity index (χ1n) is 3.06. The van der Waals surface area contributed by atoms with E-state index in [0.29, 0.717) is 6.54 Å². The molecule has 1 aromatic rings. The zero-order valence-electron chi connectivity index (χ0n) is 5.98. The highest BCUT2D eigenvalue weighted by atomic mass is 16.2. The summed E-state index contributed by atoms with van der Waals surface area (Å²) in [5, 5.41) is 12.7. The van der Waals surface area contributed by atoms with E-state index in [1.54, 1.807) is 0 Å². The Labute approximate surface area is 62.6 Å². The molecular weight excluding hydrogens is 148 g/mol. The molecular formula is C4H8N6O. The molecule has 7 heteroatoms. The number of tetrazole rings is 1. The topological polar surface area (TPSA) is 98.7 Å². The average molecular weight is 156 g/mol. The van der Waals surface area contributed by atoms with Crippen LogP contribution >= 0.6 is 0 Å². The predicted molar refractivity (Wildman–Crippen MR) is 36.7 cm³/mol. The Bertz CT molecular complexity index is 255. The number of rotatable bonds is 2. The van der Waals surface area contributed by atoms with Crippen LogP contribution in [-0.2, 0) is 6.54 Å². The van der Waals surface area contributed by atoms with Gasteiger partial charge in [0.15, 0.2) is 0 Å². The van der Waals surface area contributed by atoms with E-state index in [1.165, 1.54) is 4.68 Å². The number of anilines is 1. The van der Waals surface area contributed by atoms with Gasteiger partial charge in [-0.05, 0) is 17.4 Å². The summed E-state index contributed by atoms with van der Waals surface area (Å²) in [4.78, 5) is 10.3. The Hall–Kier alpha value is -1.66. The van der Waals surface area contributed by atoms with Crippen molar-refractivity contribution in [1.82, 2.24) is 20.2 Å². The van der Waals surface area contributed by atoms with Gasteiger partial charge in [-0.1, -0.05) is 5.10 Å². The minimum atomic E-state index is -0.672. The second kappa shape index (κ2) is 2.95. The highest BCUT2D eigenvalue weighted by molar-refractivity contribution is 5.85. The smallest absolute Gasteiger partial charge is 0.319 e. The molecule has 0 saturated heterocycles. The molecule has 3 N–H and O–H groups in total. The number of hydrogen-bond acceptors (Lipinski definition) is 4. The molecule has 0 aliphatic heterocycles. The van der Waals surface area contributed by atoms with E-state index in [0.717, 1.165) is 0 Å². The highest BCUT2D eigenvalue weighted by Gasteiger charge is 2.04. The molecule has 0 aliphatic carbocycles. The van der Waals surface area contributed by atoms with Gasteiger partial charge in [0.1, 0.15) is 0 Å². The van der Waals surface area contributed by atoms with Crippen molar-refractivity contribution in [2.45, 2.75) is 13.5 Å². The molecule has 0 unspecified atom stereocenters. The standard InChI is InChI=1S/C4H8N6O/c1-2-10-4(6-3(5)11)7-8-9-10/h2H2,1H3,(H3,5,6,7,9,11). The lowest BCUT2D eigenvalue weighted by Gasteiger charge is -1.98. The van der Waals surface area contributed by atoms with Gasteiger partial charge in [0.05, 0.1) is 0 Å². The molecule has 0 saturated carbocycles. The number of nitrogens with two attached hydrogens (primary N) is 1. The van der Waals surface area contributed by atoms with Crippen molar-refractivity contribution in [2.24, 2.45) is 5.73 Å². The summed E-state index contributed by atoms with van der Waals surface area (Å²) in [7, 11) is 0. The van der Waals surface area contributed by atoms with Crippen molar-refractivity contribution in [2.75, 3.05) is 5.32 Å². The van der Waals surface area contributed by atoms with Crippen LogP contribution in [0.3, 0.4) is 0 Å². The van der Waals surface area contributed by atoms with E-state index in [-0.39, 0.29) is 5.95 Å². The van der Waals surface area contributed by atoms with Crippen molar-refractivity contribution in [1.29, 1.82) is 0 Å². The third-order valence-corrected chi connectivity index (χ3v) is 1.07. The van der Waals surface area contributed by atoms with E-state index in [1.807, 2.05) is 6.92 Å². The van der Waals surface area contributed by atoms with Gasteiger partial charge in [-0.25, -0.2) is 9.48 Å². The van der Waals surface area contributed by atoms with Gasteiger partial charge < -0.3 is 5.73 Å². The first-order valence-corrected chi connectivity index (χ1v) is 3.06. The SMILES string of the molecule is CCn1nnnc1NC(N)=O. The van der Waals surface area contributed by atoms with E-state index in [9.17, 15) is 4.79 Å². The molecule has 60 valence electrons. The summed E-state index contributed by atoms with van der Waals surface area (Å²) >= 11 is 0. The van der Waals surface area contributed by atoms with Crippen LogP contribution in [0.2, 0.25) is 0 Å². The predicted octanol–water partition coefficient (Wildman–Crippen LogP) is -0.816. The lowest BCUT2D eigenvalue weighted by molar-refractivity contribution is 0.259. The Morgan fingerprint density at radius 3 is 3.09 bits per heavy atom. The van der Waals surface area contributed by atoms with E-state index in [4.69, 9.17) is 5.73 Å². The summed E-state index contributed by atoms with van der Waals surface area (Å²) in [6.07, 6.45) is 0. The van der Waals surface area contributed by atoms with Gasteiger partial charge in [0.2, 0.25) is 0 Å². The van der Waals surface area contributed by atoms with Gasteiger partial charge >= 0.3 is 6.03 Å². The zero-order valence-corrected chi connectivity index (χ0v) is 5.98. The fourth-order valence-corrected chi connectivity index (χ4v) is 0.617. The number of aromatic nitrogens is 4. The molecule has 1 aromatic heterocycles. The molecule has 11 heavy (non-hydrogen) atoms. The minimum absolute atomic E-state index is 0.264. The molecule has 2 amide bonds. The number of urea groups is 1. The monoisotopic (exact) mass is 156 g/mol. The Balaban J connectivity index is 2.76. The maximum Gasteiger partial charge on any atom is 0.319 e. The van der Waals surface area contributed by atoms with Gasteiger partial charge in [-0.3, -0.25) is 5.32 Å². The van der Waals surface area contributed by atoms with Gasteiger partial charge in [0.25, 0.3) is 5.95 Å². The zero-order chi connectivity index (χ0) is 8.27. The minimum Gasteiger partial charge on any atom is -0.351 e. The van der Waals surface area contributed by atoms with Crippen molar-refractivity contribution >= 4 is 12.0 Å². The van der Waals surface area contributed by atoms with Crippen LogP contribution < -0.4 is 11.1 Å². The van der Waals surface area contributed by atoms with Crippen LogP contribution in [0.25, 0.3) is 0 Å². The fourth-order valence-electron chi connectivity index (χ4n) is 0.617. The van der Waals surface area contributed by atoms with Crippen LogP contribution in [0, 0.1) is 0 Å². The summed E-state index contributed by atoms with van der Waals surface area (Å²) in [6, 6.07) is -0.672. The number of carbonyl (C=O) groups is 1. The van der Waals surface area contributed by atoms with E-state index in [2.05, 4.69) is 20.8 Å². The quantitative estimate of drug-likeness (QED) is 0.584. The Morgan fingerprint density at radius 2 is 2.55 bits per heavy atom.